The first-order valence-electron chi connectivity index (χ1n) is 32.9. The Labute approximate surface area is 478 Å². The average molecular weight is 1100 g/mol. The van der Waals surface area contributed by atoms with E-state index in [0.29, 0.717) is 12.8 Å². The second-order valence-electron chi connectivity index (χ2n) is 22.8. The number of nitrogens with one attached hydrogen (secondary N) is 1. The van der Waals surface area contributed by atoms with Gasteiger partial charge in [-0.1, -0.05) is 262 Å². The van der Waals surface area contributed by atoms with E-state index in [2.05, 4.69) is 62.5 Å². The van der Waals surface area contributed by atoms with Crippen LogP contribution >= 0.6 is 0 Å². The number of amides is 1. The van der Waals surface area contributed by atoms with Crippen molar-refractivity contribution in [1.29, 1.82) is 0 Å². The number of hydrogen-bond donors (Lipinski definition) is 6. The van der Waals surface area contributed by atoms with Crippen molar-refractivity contribution in [3.63, 3.8) is 0 Å². The van der Waals surface area contributed by atoms with Gasteiger partial charge in [0.1, 0.15) is 24.4 Å². The SMILES string of the molecule is CCCCC/C=C\C/C=C\CCCCCCCCC(O)C(=O)NC(COC1OC(CO)C(O)C(O)C1OC(=O)CCCCCCCCCCCCC/C=C/CCCCCCCC)C(O)/C=C/CCCCCCCCCCCC. The van der Waals surface area contributed by atoms with Crippen molar-refractivity contribution >= 4 is 11.9 Å². The van der Waals surface area contributed by atoms with Crippen molar-refractivity contribution in [1.82, 2.24) is 5.32 Å². The third kappa shape index (κ3) is 42.5. The van der Waals surface area contributed by atoms with E-state index < -0.39 is 67.4 Å². The highest BCUT2D eigenvalue weighted by atomic mass is 16.7. The highest BCUT2D eigenvalue weighted by molar-refractivity contribution is 5.80. The third-order valence-electron chi connectivity index (χ3n) is 15.5. The Morgan fingerprint density at radius 2 is 0.885 bits per heavy atom. The number of rotatable bonds is 56. The van der Waals surface area contributed by atoms with E-state index in [-0.39, 0.29) is 19.4 Å². The topological polar surface area (TPSA) is 175 Å². The summed E-state index contributed by atoms with van der Waals surface area (Å²) in [5.41, 5.74) is 0. The maximum atomic E-state index is 13.4. The molecule has 1 saturated heterocycles. The molecule has 0 aliphatic carbocycles. The highest BCUT2D eigenvalue weighted by Crippen LogP contribution is 2.26. The van der Waals surface area contributed by atoms with Gasteiger partial charge >= 0.3 is 5.97 Å². The second-order valence-corrected chi connectivity index (χ2v) is 22.8. The summed E-state index contributed by atoms with van der Waals surface area (Å²) < 4.78 is 17.7. The standard InChI is InChI=1S/C67H123NO10/c1-4-7-10-13-16-19-22-25-27-29-30-31-32-33-35-37-40-43-46-49-52-55-62(72)78-65-64(74)63(73)61(56-69)77-67(65)76-57-58(59(70)53-50-47-44-41-38-24-21-18-15-12-9-6-3)68-66(75)60(71)54-51-48-45-42-39-36-34-28-26-23-20-17-14-11-8-5-2/h17,20,25-28,50,53,58-61,63-65,67,69-71,73-74H,4-16,18-19,21-24,29-49,51-52,54-57H2,1-3H3,(H,68,75)/b20-17-,27-25+,28-26-,53-50+. The first-order chi connectivity index (χ1) is 38.2. The zero-order valence-electron chi connectivity index (χ0n) is 50.5. The molecule has 0 aromatic heterocycles. The molecule has 0 spiro atoms. The third-order valence-corrected chi connectivity index (χ3v) is 15.5. The van der Waals surface area contributed by atoms with Gasteiger partial charge in [-0.15, -0.1) is 0 Å². The Morgan fingerprint density at radius 3 is 1.35 bits per heavy atom. The van der Waals surface area contributed by atoms with Crippen LogP contribution in [0.3, 0.4) is 0 Å². The molecular weight excluding hydrogens is 979 g/mol. The van der Waals surface area contributed by atoms with E-state index in [1.165, 1.54) is 173 Å². The van der Waals surface area contributed by atoms with Crippen LogP contribution in [-0.4, -0.2) is 99.6 Å². The van der Waals surface area contributed by atoms with Gasteiger partial charge in [0.05, 0.1) is 25.4 Å². The van der Waals surface area contributed by atoms with E-state index >= 15 is 0 Å². The molecule has 0 saturated carbocycles. The summed E-state index contributed by atoms with van der Waals surface area (Å²) in [6.45, 7) is 5.78. The molecule has 1 fully saturated rings. The van der Waals surface area contributed by atoms with Crippen molar-refractivity contribution < 1.29 is 49.3 Å². The molecule has 456 valence electrons. The molecule has 1 rings (SSSR count). The molecule has 8 unspecified atom stereocenters. The van der Waals surface area contributed by atoms with Gasteiger partial charge in [-0.3, -0.25) is 9.59 Å². The molecule has 11 nitrogen and oxygen atoms in total. The van der Waals surface area contributed by atoms with Crippen LogP contribution in [-0.2, 0) is 23.8 Å². The number of carbonyl (C=O) groups is 2. The number of allylic oxidation sites excluding steroid dienone is 7. The number of aliphatic hydroxyl groups excluding tert-OH is 5. The number of ether oxygens (including phenoxy) is 3. The fourth-order valence-corrected chi connectivity index (χ4v) is 10.2. The van der Waals surface area contributed by atoms with Crippen molar-refractivity contribution in [2.45, 2.75) is 352 Å². The molecule has 1 amide bonds. The lowest BCUT2D eigenvalue weighted by molar-refractivity contribution is -0.305. The summed E-state index contributed by atoms with van der Waals surface area (Å²) in [5, 5.41) is 57.1. The van der Waals surface area contributed by atoms with E-state index in [9.17, 15) is 35.1 Å². The highest BCUT2D eigenvalue weighted by Gasteiger charge is 2.47. The Balaban J connectivity index is 2.63. The fourth-order valence-electron chi connectivity index (χ4n) is 10.2. The van der Waals surface area contributed by atoms with E-state index in [1.807, 2.05) is 6.08 Å². The van der Waals surface area contributed by atoms with Gasteiger partial charge in [-0.25, -0.2) is 0 Å². The Bertz CT molecular complexity index is 1450. The van der Waals surface area contributed by atoms with Crippen molar-refractivity contribution in [3.8, 4) is 0 Å². The quantitative estimate of drug-likeness (QED) is 0.0195. The van der Waals surface area contributed by atoms with Crippen LogP contribution in [0.5, 0.6) is 0 Å². The summed E-state index contributed by atoms with van der Waals surface area (Å²) >= 11 is 0. The van der Waals surface area contributed by atoms with Gasteiger partial charge in [0.15, 0.2) is 12.4 Å². The minimum absolute atomic E-state index is 0.123. The van der Waals surface area contributed by atoms with Crippen molar-refractivity contribution in [3.05, 3.63) is 48.6 Å². The predicted octanol–water partition coefficient (Wildman–Crippen LogP) is 16.0. The number of unbranched alkanes of at least 4 members (excludes halogenated alkanes) is 36. The number of carbonyl (C=O) groups excluding carboxylic acids is 2. The lowest BCUT2D eigenvalue weighted by Crippen LogP contribution is -2.61. The maximum absolute atomic E-state index is 13.4. The molecule has 0 aromatic rings. The zero-order valence-corrected chi connectivity index (χ0v) is 50.5. The molecule has 6 N–H and O–H groups in total. The van der Waals surface area contributed by atoms with Gasteiger partial charge in [-0.05, 0) is 83.5 Å². The van der Waals surface area contributed by atoms with Gasteiger partial charge in [0.2, 0.25) is 5.91 Å². The van der Waals surface area contributed by atoms with Gasteiger partial charge < -0.3 is 45.1 Å². The monoisotopic (exact) mass is 1100 g/mol. The summed E-state index contributed by atoms with van der Waals surface area (Å²) in [5.74, 6) is -1.20. The Morgan fingerprint density at radius 1 is 0.500 bits per heavy atom. The van der Waals surface area contributed by atoms with Crippen LogP contribution < -0.4 is 5.32 Å². The lowest BCUT2D eigenvalue weighted by atomic mass is 9.99. The molecule has 0 bridgehead atoms. The molecule has 1 aliphatic rings. The smallest absolute Gasteiger partial charge is 0.306 e. The minimum Gasteiger partial charge on any atom is -0.454 e. The molecule has 8 atom stereocenters. The summed E-state index contributed by atoms with van der Waals surface area (Å²) in [6.07, 6.45) is 57.2. The normalized spacial score (nSPS) is 19.2. The molecule has 0 radical (unpaired) electrons. The lowest BCUT2D eigenvalue weighted by Gasteiger charge is -2.41. The number of hydrogen-bond acceptors (Lipinski definition) is 10. The van der Waals surface area contributed by atoms with E-state index in [4.69, 9.17) is 14.2 Å². The summed E-state index contributed by atoms with van der Waals surface area (Å²) in [6, 6.07) is -1.03. The number of esters is 1. The molecule has 1 heterocycles. The van der Waals surface area contributed by atoms with Crippen molar-refractivity contribution in [2.24, 2.45) is 0 Å². The summed E-state index contributed by atoms with van der Waals surface area (Å²) in [4.78, 5) is 26.6. The average Bonchev–Trinajstić information content (AvgIpc) is 3.44. The van der Waals surface area contributed by atoms with Crippen LogP contribution in [0.1, 0.15) is 303 Å². The van der Waals surface area contributed by atoms with Crippen molar-refractivity contribution in [2.75, 3.05) is 13.2 Å². The fraction of sp³-hybridized carbons (Fsp3) is 0.851. The van der Waals surface area contributed by atoms with Crippen LogP contribution in [0.25, 0.3) is 0 Å². The zero-order chi connectivity index (χ0) is 56.8. The minimum atomic E-state index is -1.61. The van der Waals surface area contributed by atoms with Gasteiger partial charge in [0, 0.05) is 6.42 Å². The maximum Gasteiger partial charge on any atom is 0.306 e. The second kappa shape index (κ2) is 55.2. The van der Waals surface area contributed by atoms with Crippen LogP contribution in [0.15, 0.2) is 48.6 Å². The Hall–Kier alpha value is -2.38. The number of aliphatic hydroxyl groups is 5. The molecule has 0 aromatic carbocycles. The van der Waals surface area contributed by atoms with Gasteiger partial charge in [0.25, 0.3) is 0 Å². The van der Waals surface area contributed by atoms with Gasteiger partial charge in [-0.2, -0.15) is 0 Å². The molecule has 11 heteroatoms. The predicted molar refractivity (Wildman–Crippen MR) is 324 cm³/mol. The van der Waals surface area contributed by atoms with Crippen LogP contribution in [0, 0.1) is 0 Å². The Kier molecular flexibility index (Phi) is 52.1. The molecular formula is C67H123NO10. The first kappa shape index (κ1) is 73.6. The molecule has 1 aliphatic heterocycles. The summed E-state index contributed by atoms with van der Waals surface area (Å²) in [7, 11) is 0. The molecule has 78 heavy (non-hydrogen) atoms. The first-order valence-corrected chi connectivity index (χ1v) is 32.9. The van der Waals surface area contributed by atoms with Crippen LogP contribution in [0.4, 0.5) is 0 Å². The van der Waals surface area contributed by atoms with E-state index in [0.717, 1.165) is 83.5 Å². The van der Waals surface area contributed by atoms with E-state index in [1.54, 1.807) is 6.08 Å². The largest absolute Gasteiger partial charge is 0.454 e. The van der Waals surface area contributed by atoms with Crippen LogP contribution in [0.2, 0.25) is 0 Å².